The lowest BCUT2D eigenvalue weighted by Crippen LogP contribution is -2.65. The first-order valence-electron chi connectivity index (χ1n) is 30.5. The molecule has 0 bridgehead atoms. The number of unbranched alkanes of at least 4 members (excludes halogenated alkanes) is 20. The molecule has 0 radical (unpaired) electrons. The van der Waals surface area contributed by atoms with Crippen LogP contribution in [-0.2, 0) is 23.7 Å². The molecule has 2 aliphatic rings. The van der Waals surface area contributed by atoms with Gasteiger partial charge in [0.25, 0.3) is 0 Å². The maximum Gasteiger partial charge on any atom is 0.220 e. The minimum atomic E-state index is -1.80. The van der Waals surface area contributed by atoms with Gasteiger partial charge in [0.1, 0.15) is 48.8 Å². The summed E-state index contributed by atoms with van der Waals surface area (Å²) in [7, 11) is 0. The summed E-state index contributed by atoms with van der Waals surface area (Å²) in [6, 6.07) is -0.946. The summed E-state index contributed by atoms with van der Waals surface area (Å²) in [5, 5.41) is 87.1. The SMILES string of the molecule is CC/C=C\C/C=C\C/C=C\C/C=C\C/C=C\CCCCCCCCCCCCCC(=O)NC(COC1OC(CO)C(OC2OC(CO)C(O)C(O)C2O)C(O)C1O)C(O)/C=C/CC/C=C/CC/C=C/CCCCCCCCC. The molecule has 0 aromatic carbocycles. The number of hydrogen-bond donors (Lipinski definition) is 9. The van der Waals surface area contributed by atoms with Gasteiger partial charge in [-0.2, -0.15) is 0 Å². The van der Waals surface area contributed by atoms with E-state index in [2.05, 4.69) is 104 Å². The van der Waals surface area contributed by atoms with Crippen LogP contribution in [0.2, 0.25) is 0 Å². The largest absolute Gasteiger partial charge is 0.394 e. The van der Waals surface area contributed by atoms with Gasteiger partial charge in [0.2, 0.25) is 5.91 Å². The van der Waals surface area contributed by atoms with Crippen molar-refractivity contribution in [2.75, 3.05) is 19.8 Å². The van der Waals surface area contributed by atoms with Crippen molar-refractivity contribution in [3.63, 3.8) is 0 Å². The molecule has 2 heterocycles. The second-order valence-corrected chi connectivity index (χ2v) is 21.1. The van der Waals surface area contributed by atoms with Gasteiger partial charge in [-0.05, 0) is 89.9 Å². The zero-order chi connectivity index (χ0) is 56.7. The molecule has 0 aliphatic carbocycles. The zero-order valence-corrected chi connectivity index (χ0v) is 48.1. The number of ether oxygens (including phenoxy) is 4. The normalized spacial score (nSPS) is 25.3. The van der Waals surface area contributed by atoms with Crippen molar-refractivity contribution in [1.82, 2.24) is 5.32 Å². The Labute approximate surface area is 471 Å². The van der Waals surface area contributed by atoms with Crippen LogP contribution in [0.1, 0.15) is 206 Å². The van der Waals surface area contributed by atoms with Crippen LogP contribution < -0.4 is 5.32 Å². The summed E-state index contributed by atoms with van der Waals surface area (Å²) in [5.41, 5.74) is 0. The average molecular weight is 1100 g/mol. The highest BCUT2D eigenvalue weighted by Gasteiger charge is 2.51. The van der Waals surface area contributed by atoms with Crippen LogP contribution in [0, 0.1) is 0 Å². The summed E-state index contributed by atoms with van der Waals surface area (Å²) in [4.78, 5) is 13.3. The van der Waals surface area contributed by atoms with Crippen molar-refractivity contribution < 1.29 is 64.6 Å². The number of amides is 1. The first kappa shape index (κ1) is 71.0. The third-order valence-electron chi connectivity index (χ3n) is 14.2. The van der Waals surface area contributed by atoms with Gasteiger partial charge >= 0.3 is 0 Å². The van der Waals surface area contributed by atoms with Crippen molar-refractivity contribution in [2.24, 2.45) is 0 Å². The second-order valence-electron chi connectivity index (χ2n) is 21.1. The lowest BCUT2D eigenvalue weighted by Gasteiger charge is -2.46. The fourth-order valence-corrected chi connectivity index (χ4v) is 9.35. The molecule has 12 atom stereocenters. The third-order valence-corrected chi connectivity index (χ3v) is 14.2. The maximum absolute atomic E-state index is 13.3. The van der Waals surface area contributed by atoms with E-state index in [0.717, 1.165) is 83.5 Å². The molecule has 2 aliphatic heterocycles. The lowest BCUT2D eigenvalue weighted by atomic mass is 9.97. The van der Waals surface area contributed by atoms with Gasteiger partial charge in [0.15, 0.2) is 12.6 Å². The van der Waals surface area contributed by atoms with Gasteiger partial charge in [-0.3, -0.25) is 4.79 Å². The van der Waals surface area contributed by atoms with Gasteiger partial charge in [-0.1, -0.05) is 207 Å². The molecule has 12 unspecified atom stereocenters. The summed E-state index contributed by atoms with van der Waals surface area (Å²) < 4.78 is 22.8. The summed E-state index contributed by atoms with van der Waals surface area (Å²) in [6.07, 6.45) is 50.1. The predicted molar refractivity (Wildman–Crippen MR) is 313 cm³/mol. The van der Waals surface area contributed by atoms with Crippen LogP contribution >= 0.6 is 0 Å². The molecule has 78 heavy (non-hydrogen) atoms. The van der Waals surface area contributed by atoms with Gasteiger partial charge in [-0.15, -0.1) is 0 Å². The summed E-state index contributed by atoms with van der Waals surface area (Å²) >= 11 is 0. The van der Waals surface area contributed by atoms with E-state index in [-0.39, 0.29) is 18.9 Å². The van der Waals surface area contributed by atoms with E-state index in [9.17, 15) is 45.6 Å². The van der Waals surface area contributed by atoms with Gasteiger partial charge in [-0.25, -0.2) is 0 Å². The first-order chi connectivity index (χ1) is 38.1. The van der Waals surface area contributed by atoms with E-state index < -0.39 is 86.8 Å². The van der Waals surface area contributed by atoms with E-state index in [1.807, 2.05) is 6.08 Å². The Morgan fingerprint density at radius 2 is 0.897 bits per heavy atom. The predicted octanol–water partition coefficient (Wildman–Crippen LogP) is 10.7. The number of carbonyl (C=O) groups is 1. The Morgan fingerprint density at radius 1 is 0.474 bits per heavy atom. The second kappa shape index (κ2) is 48.6. The standard InChI is InChI=1S/C64H109NO13/c1-3-5-7-9-11-13-15-17-19-21-22-23-24-25-26-27-28-29-30-32-34-36-38-40-42-44-46-48-56(69)65-52(53(68)47-45-43-41-39-37-35-33-31-20-18-16-14-12-10-8-6-4-2)51-75-63-61(74)59(72)62(55(50-67)77-63)78-64-60(73)58(71)57(70)54(49-66)76-64/h5,7,11,13,17,19-20,22-23,25-26,31,37,39,45,47,52-55,57-64,66-68,70-74H,3-4,6,8-10,12,14-16,18,21,24,27-30,32-36,38,40-44,46,48-51H2,1-2H3,(H,65,69)/b7-5-,13-11-,19-17-,23-22-,26-25-,31-20+,39-37+,47-45+. The number of carbonyl (C=O) groups excluding carboxylic acids is 1. The molecule has 14 heteroatoms. The van der Waals surface area contributed by atoms with Crippen LogP contribution in [0.4, 0.5) is 0 Å². The molecule has 0 aromatic heterocycles. The van der Waals surface area contributed by atoms with Crippen molar-refractivity contribution >= 4 is 5.91 Å². The van der Waals surface area contributed by atoms with E-state index >= 15 is 0 Å². The number of nitrogens with one attached hydrogen (secondary N) is 1. The number of hydrogen-bond acceptors (Lipinski definition) is 13. The topological polar surface area (TPSA) is 228 Å². The Hall–Kier alpha value is -3.09. The Kier molecular flexibility index (Phi) is 44.3. The smallest absolute Gasteiger partial charge is 0.220 e. The van der Waals surface area contributed by atoms with Gasteiger partial charge < -0.3 is 65.1 Å². The zero-order valence-electron chi connectivity index (χ0n) is 48.1. The highest BCUT2D eigenvalue weighted by Crippen LogP contribution is 2.30. The monoisotopic (exact) mass is 1100 g/mol. The van der Waals surface area contributed by atoms with Crippen molar-refractivity contribution in [3.8, 4) is 0 Å². The molecule has 0 aromatic rings. The van der Waals surface area contributed by atoms with E-state index in [4.69, 9.17) is 18.9 Å². The van der Waals surface area contributed by atoms with E-state index in [0.29, 0.717) is 12.8 Å². The quantitative estimate of drug-likeness (QED) is 0.0204. The Balaban J connectivity index is 1.75. The third kappa shape index (κ3) is 33.6. The maximum atomic E-state index is 13.3. The van der Waals surface area contributed by atoms with E-state index in [1.54, 1.807) is 6.08 Å². The average Bonchev–Trinajstić information content (AvgIpc) is 3.44. The fourth-order valence-electron chi connectivity index (χ4n) is 9.35. The molecule has 0 spiro atoms. The molecule has 2 rings (SSSR count). The van der Waals surface area contributed by atoms with Gasteiger partial charge in [0, 0.05) is 6.42 Å². The molecule has 2 fully saturated rings. The number of rotatable bonds is 47. The summed E-state index contributed by atoms with van der Waals surface area (Å²) in [5.74, 6) is -0.261. The molecule has 2 saturated heterocycles. The minimum Gasteiger partial charge on any atom is -0.394 e. The number of aliphatic hydroxyl groups is 8. The molecular weight excluding hydrogens is 991 g/mol. The van der Waals surface area contributed by atoms with Crippen LogP contribution in [0.25, 0.3) is 0 Å². The van der Waals surface area contributed by atoms with Crippen LogP contribution in [0.5, 0.6) is 0 Å². The molecule has 9 N–H and O–H groups in total. The highest BCUT2D eigenvalue weighted by molar-refractivity contribution is 5.76. The fraction of sp³-hybridized carbons (Fsp3) is 0.734. The van der Waals surface area contributed by atoms with E-state index in [1.165, 1.54) is 89.9 Å². The summed E-state index contributed by atoms with van der Waals surface area (Å²) in [6.45, 7) is 2.64. The first-order valence-corrected chi connectivity index (χ1v) is 30.5. The van der Waals surface area contributed by atoms with Gasteiger partial charge in [0.05, 0.1) is 32.0 Å². The lowest BCUT2D eigenvalue weighted by molar-refractivity contribution is -0.359. The highest BCUT2D eigenvalue weighted by atomic mass is 16.7. The Bertz CT molecular complexity index is 1680. The molecule has 14 nitrogen and oxygen atoms in total. The minimum absolute atomic E-state index is 0.260. The number of aliphatic hydroxyl groups excluding tert-OH is 8. The van der Waals surface area contributed by atoms with Crippen LogP contribution in [0.15, 0.2) is 97.2 Å². The molecular formula is C64H109NO13. The molecule has 1 amide bonds. The number of allylic oxidation sites excluding steroid dienone is 15. The van der Waals surface area contributed by atoms with Crippen molar-refractivity contribution in [1.29, 1.82) is 0 Å². The van der Waals surface area contributed by atoms with Crippen molar-refractivity contribution in [2.45, 2.75) is 280 Å². The molecule has 0 saturated carbocycles. The van der Waals surface area contributed by atoms with Crippen molar-refractivity contribution in [3.05, 3.63) is 97.2 Å². The van der Waals surface area contributed by atoms with Crippen LogP contribution in [-0.4, -0.2) is 140 Å². The van der Waals surface area contributed by atoms with Crippen LogP contribution in [0.3, 0.4) is 0 Å². The Morgan fingerprint density at radius 3 is 1.41 bits per heavy atom. The molecule has 448 valence electrons.